The third-order valence-corrected chi connectivity index (χ3v) is 3.41. The fourth-order valence-electron chi connectivity index (χ4n) is 2.03. The minimum absolute atomic E-state index is 0.0776. The van der Waals surface area contributed by atoms with E-state index in [0.717, 1.165) is 31.1 Å². The van der Waals surface area contributed by atoms with Crippen molar-refractivity contribution < 1.29 is 4.74 Å². The van der Waals surface area contributed by atoms with Crippen LogP contribution in [0.5, 0.6) is 0 Å². The summed E-state index contributed by atoms with van der Waals surface area (Å²) in [5, 5.41) is 3.43. The molecule has 1 aliphatic heterocycles. The molecule has 1 fully saturated rings. The van der Waals surface area contributed by atoms with E-state index in [1.54, 1.807) is 6.07 Å². The molecule has 17 heavy (non-hydrogen) atoms. The van der Waals surface area contributed by atoms with Crippen molar-refractivity contribution in [1.29, 1.82) is 0 Å². The Kier molecular flexibility index (Phi) is 3.19. The molecular formula is C12H20N4O. The van der Waals surface area contributed by atoms with Gasteiger partial charge in [0.15, 0.2) is 0 Å². The van der Waals surface area contributed by atoms with Crippen LogP contribution in [0, 0.1) is 0 Å². The van der Waals surface area contributed by atoms with Gasteiger partial charge in [0.05, 0.1) is 11.6 Å². The lowest BCUT2D eigenvalue weighted by Crippen LogP contribution is -2.41. The van der Waals surface area contributed by atoms with Crippen LogP contribution < -0.4 is 11.1 Å². The Hall–Kier alpha value is -1.36. The van der Waals surface area contributed by atoms with Crippen molar-refractivity contribution in [1.82, 2.24) is 9.97 Å². The third kappa shape index (κ3) is 2.49. The smallest absolute Gasteiger partial charge is 0.132 e. The second kappa shape index (κ2) is 4.49. The minimum Gasteiger partial charge on any atom is -0.384 e. The van der Waals surface area contributed by atoms with Crippen LogP contribution in [0.15, 0.2) is 6.07 Å². The number of hydrogen-bond donors (Lipinski definition) is 2. The third-order valence-electron chi connectivity index (χ3n) is 3.41. The van der Waals surface area contributed by atoms with Crippen LogP contribution in [0.1, 0.15) is 33.0 Å². The number of rotatable bonds is 3. The van der Waals surface area contributed by atoms with Crippen molar-refractivity contribution in [2.45, 2.75) is 45.3 Å². The Morgan fingerprint density at radius 1 is 1.59 bits per heavy atom. The van der Waals surface area contributed by atoms with E-state index in [0.29, 0.717) is 5.82 Å². The van der Waals surface area contributed by atoms with Crippen LogP contribution in [-0.4, -0.2) is 28.2 Å². The summed E-state index contributed by atoms with van der Waals surface area (Å²) < 4.78 is 5.59. The number of nitrogens with one attached hydrogen (secondary N) is 1. The summed E-state index contributed by atoms with van der Waals surface area (Å²) in [6, 6.07) is 1.77. The Labute approximate surface area is 102 Å². The summed E-state index contributed by atoms with van der Waals surface area (Å²) in [6.07, 6.45) is 1.92. The molecule has 2 atom stereocenters. The van der Waals surface area contributed by atoms with Gasteiger partial charge in [-0.1, -0.05) is 6.92 Å². The van der Waals surface area contributed by atoms with Gasteiger partial charge < -0.3 is 15.8 Å². The van der Waals surface area contributed by atoms with Crippen LogP contribution in [0.3, 0.4) is 0 Å². The first-order valence-corrected chi connectivity index (χ1v) is 6.07. The SMILES string of the molecule is CCc1nc(N)cc(NC2(C)CCOC2C)n1. The first-order chi connectivity index (χ1) is 8.03. The molecular weight excluding hydrogens is 216 g/mol. The number of aryl methyl sites for hydroxylation is 1. The second-order valence-corrected chi connectivity index (χ2v) is 4.75. The topological polar surface area (TPSA) is 73.1 Å². The Balaban J connectivity index is 2.20. The Morgan fingerprint density at radius 2 is 2.35 bits per heavy atom. The lowest BCUT2D eigenvalue weighted by atomic mass is 9.95. The highest BCUT2D eigenvalue weighted by molar-refractivity contribution is 5.46. The van der Waals surface area contributed by atoms with Gasteiger partial charge in [0, 0.05) is 19.1 Å². The molecule has 0 spiro atoms. The van der Waals surface area contributed by atoms with E-state index in [4.69, 9.17) is 10.5 Å². The van der Waals surface area contributed by atoms with E-state index in [9.17, 15) is 0 Å². The number of nitrogens with zero attached hydrogens (tertiary/aromatic N) is 2. The maximum absolute atomic E-state index is 5.76. The number of nitrogens with two attached hydrogens (primary N) is 1. The summed E-state index contributed by atoms with van der Waals surface area (Å²) in [4.78, 5) is 8.60. The highest BCUT2D eigenvalue weighted by atomic mass is 16.5. The minimum atomic E-state index is -0.0776. The van der Waals surface area contributed by atoms with Crippen LogP contribution in [0.25, 0.3) is 0 Å². The lowest BCUT2D eigenvalue weighted by Gasteiger charge is -2.29. The van der Waals surface area contributed by atoms with E-state index in [1.165, 1.54) is 0 Å². The molecule has 0 aliphatic carbocycles. The number of aromatic nitrogens is 2. The van der Waals surface area contributed by atoms with Crippen molar-refractivity contribution in [3.63, 3.8) is 0 Å². The predicted molar refractivity (Wildman–Crippen MR) is 67.9 cm³/mol. The molecule has 0 aromatic carbocycles. The zero-order chi connectivity index (χ0) is 12.5. The first-order valence-electron chi connectivity index (χ1n) is 6.07. The molecule has 0 saturated carbocycles. The number of anilines is 2. The zero-order valence-electron chi connectivity index (χ0n) is 10.7. The van der Waals surface area contributed by atoms with Crippen LogP contribution in [0.4, 0.5) is 11.6 Å². The molecule has 0 bridgehead atoms. The van der Waals surface area contributed by atoms with Crippen molar-refractivity contribution in [2.75, 3.05) is 17.7 Å². The van der Waals surface area contributed by atoms with Gasteiger partial charge in [0.25, 0.3) is 0 Å². The van der Waals surface area contributed by atoms with Crippen LogP contribution >= 0.6 is 0 Å². The molecule has 1 aromatic rings. The van der Waals surface area contributed by atoms with Crippen LogP contribution in [-0.2, 0) is 11.2 Å². The van der Waals surface area contributed by atoms with Gasteiger partial charge >= 0.3 is 0 Å². The molecule has 5 nitrogen and oxygen atoms in total. The highest BCUT2D eigenvalue weighted by Crippen LogP contribution is 2.29. The Morgan fingerprint density at radius 3 is 2.94 bits per heavy atom. The van der Waals surface area contributed by atoms with Crippen molar-refractivity contribution in [2.24, 2.45) is 0 Å². The van der Waals surface area contributed by atoms with E-state index >= 15 is 0 Å². The normalized spacial score (nSPS) is 28.3. The van der Waals surface area contributed by atoms with E-state index in [1.807, 2.05) is 6.92 Å². The molecule has 94 valence electrons. The quantitative estimate of drug-likeness (QED) is 0.834. The summed E-state index contributed by atoms with van der Waals surface area (Å²) in [5.74, 6) is 2.06. The van der Waals surface area contributed by atoms with Crippen molar-refractivity contribution >= 4 is 11.6 Å². The average molecular weight is 236 g/mol. The van der Waals surface area contributed by atoms with Gasteiger partial charge in [0.1, 0.15) is 17.5 Å². The van der Waals surface area contributed by atoms with Gasteiger partial charge in [-0.05, 0) is 20.3 Å². The highest BCUT2D eigenvalue weighted by Gasteiger charge is 2.37. The summed E-state index contributed by atoms with van der Waals surface area (Å²) in [6.45, 7) is 7.02. The predicted octanol–water partition coefficient (Wildman–Crippen LogP) is 1.60. The fourth-order valence-corrected chi connectivity index (χ4v) is 2.03. The maximum Gasteiger partial charge on any atom is 0.132 e. The number of nitrogen functional groups attached to an aromatic ring is 1. The summed E-state index contributed by atoms with van der Waals surface area (Å²) in [7, 11) is 0. The van der Waals surface area contributed by atoms with E-state index < -0.39 is 0 Å². The van der Waals surface area contributed by atoms with E-state index in [2.05, 4.69) is 29.1 Å². The molecule has 3 N–H and O–H groups in total. The van der Waals surface area contributed by atoms with Crippen molar-refractivity contribution in [3.05, 3.63) is 11.9 Å². The largest absolute Gasteiger partial charge is 0.384 e. The zero-order valence-corrected chi connectivity index (χ0v) is 10.7. The molecule has 0 radical (unpaired) electrons. The molecule has 2 unspecified atom stereocenters. The summed E-state index contributed by atoms with van der Waals surface area (Å²) >= 11 is 0. The summed E-state index contributed by atoms with van der Waals surface area (Å²) in [5.41, 5.74) is 5.69. The maximum atomic E-state index is 5.76. The number of hydrogen-bond acceptors (Lipinski definition) is 5. The van der Waals surface area contributed by atoms with E-state index in [-0.39, 0.29) is 11.6 Å². The van der Waals surface area contributed by atoms with Gasteiger partial charge in [-0.3, -0.25) is 0 Å². The standard InChI is InChI=1S/C12H20N4O/c1-4-10-14-9(13)7-11(15-10)16-12(3)5-6-17-8(12)2/h7-8H,4-6H2,1-3H3,(H3,13,14,15,16). The molecule has 1 aromatic heterocycles. The van der Waals surface area contributed by atoms with Gasteiger partial charge in [0.2, 0.25) is 0 Å². The molecule has 5 heteroatoms. The Bertz CT molecular complexity index is 409. The first kappa shape index (κ1) is 12.1. The molecule has 0 amide bonds. The lowest BCUT2D eigenvalue weighted by molar-refractivity contribution is 0.105. The fraction of sp³-hybridized carbons (Fsp3) is 0.667. The molecule has 2 rings (SSSR count). The second-order valence-electron chi connectivity index (χ2n) is 4.75. The molecule has 1 aliphatic rings. The van der Waals surface area contributed by atoms with Gasteiger partial charge in [-0.25, -0.2) is 9.97 Å². The monoisotopic (exact) mass is 236 g/mol. The van der Waals surface area contributed by atoms with Gasteiger partial charge in [-0.15, -0.1) is 0 Å². The van der Waals surface area contributed by atoms with Crippen molar-refractivity contribution in [3.8, 4) is 0 Å². The van der Waals surface area contributed by atoms with Crippen LogP contribution in [0.2, 0.25) is 0 Å². The van der Waals surface area contributed by atoms with Gasteiger partial charge in [-0.2, -0.15) is 0 Å². The molecule has 1 saturated heterocycles. The molecule has 2 heterocycles. The average Bonchev–Trinajstić information content (AvgIpc) is 2.58. The number of ether oxygens (including phenoxy) is 1.